The minimum absolute atomic E-state index is 0.0980. The third-order valence-corrected chi connectivity index (χ3v) is 3.92. The quantitative estimate of drug-likeness (QED) is 0.583. The summed E-state index contributed by atoms with van der Waals surface area (Å²) in [5.74, 6) is 1.12. The van der Waals surface area contributed by atoms with Gasteiger partial charge in [0.15, 0.2) is 6.61 Å². The number of carbonyl (C=O) groups is 1. The smallest absolute Gasteiger partial charge is 0.277 e. The van der Waals surface area contributed by atoms with Gasteiger partial charge in [0, 0.05) is 12.7 Å². The lowest BCUT2D eigenvalue weighted by atomic mass is 10.1. The fourth-order valence-electron chi connectivity index (χ4n) is 2.38. The molecule has 0 atom stereocenters. The van der Waals surface area contributed by atoms with Crippen LogP contribution in [0.25, 0.3) is 0 Å². The Balaban J connectivity index is 1.90. The van der Waals surface area contributed by atoms with E-state index in [0.29, 0.717) is 12.4 Å². The SMILES string of the molecule is COCc1cc(/C=N\NC(=O)COc2cccc(C)c2C)ccc1OC. The van der Waals surface area contributed by atoms with Gasteiger partial charge in [0.05, 0.1) is 19.9 Å². The third-order valence-electron chi connectivity index (χ3n) is 3.92. The van der Waals surface area contributed by atoms with Crippen molar-refractivity contribution in [2.75, 3.05) is 20.8 Å². The molecule has 0 fully saturated rings. The Morgan fingerprint density at radius 2 is 1.96 bits per heavy atom. The first kappa shape index (κ1) is 19.5. The number of carbonyl (C=O) groups excluding carboxylic acids is 1. The number of ether oxygens (including phenoxy) is 3. The van der Waals surface area contributed by atoms with Gasteiger partial charge in [0.2, 0.25) is 0 Å². The van der Waals surface area contributed by atoms with Gasteiger partial charge in [-0.1, -0.05) is 12.1 Å². The van der Waals surface area contributed by atoms with E-state index in [9.17, 15) is 4.79 Å². The zero-order chi connectivity index (χ0) is 18.9. The Morgan fingerprint density at radius 1 is 1.15 bits per heavy atom. The average Bonchev–Trinajstić information content (AvgIpc) is 2.63. The topological polar surface area (TPSA) is 69.2 Å². The molecule has 2 aromatic rings. The predicted octanol–water partition coefficient (Wildman–Crippen LogP) is 2.99. The van der Waals surface area contributed by atoms with Gasteiger partial charge in [-0.2, -0.15) is 5.10 Å². The van der Waals surface area contributed by atoms with Crippen molar-refractivity contribution in [2.24, 2.45) is 5.10 Å². The molecule has 0 spiro atoms. The van der Waals surface area contributed by atoms with Crippen LogP contribution in [0.4, 0.5) is 0 Å². The molecule has 2 aromatic carbocycles. The molecule has 0 saturated heterocycles. The van der Waals surface area contributed by atoms with Crippen molar-refractivity contribution in [3.63, 3.8) is 0 Å². The number of rotatable bonds is 8. The Kier molecular flexibility index (Phi) is 7.17. The first-order valence-corrected chi connectivity index (χ1v) is 8.22. The van der Waals surface area contributed by atoms with Gasteiger partial charge in [-0.3, -0.25) is 4.79 Å². The largest absolute Gasteiger partial charge is 0.496 e. The fraction of sp³-hybridized carbons (Fsp3) is 0.300. The van der Waals surface area contributed by atoms with Gasteiger partial charge in [0.25, 0.3) is 5.91 Å². The second kappa shape index (κ2) is 9.58. The van der Waals surface area contributed by atoms with Crippen LogP contribution in [0.5, 0.6) is 11.5 Å². The van der Waals surface area contributed by atoms with E-state index in [1.165, 1.54) is 0 Å². The summed E-state index contributed by atoms with van der Waals surface area (Å²) in [6, 6.07) is 11.3. The number of aryl methyl sites for hydroxylation is 1. The standard InChI is InChI=1S/C20H24N2O4/c1-14-6-5-7-18(15(14)2)26-13-20(23)22-21-11-16-8-9-19(25-4)17(10-16)12-24-3/h5-11H,12-13H2,1-4H3,(H,22,23)/b21-11-. The highest BCUT2D eigenvalue weighted by Crippen LogP contribution is 2.21. The van der Waals surface area contributed by atoms with E-state index in [1.807, 2.05) is 50.2 Å². The normalized spacial score (nSPS) is 10.8. The van der Waals surface area contributed by atoms with Crippen LogP contribution < -0.4 is 14.9 Å². The number of nitrogens with zero attached hydrogens (tertiary/aromatic N) is 1. The number of hydrogen-bond acceptors (Lipinski definition) is 5. The maximum atomic E-state index is 11.9. The van der Waals surface area contributed by atoms with Gasteiger partial charge in [-0.15, -0.1) is 0 Å². The Hall–Kier alpha value is -2.86. The van der Waals surface area contributed by atoms with Crippen LogP contribution in [0, 0.1) is 13.8 Å². The molecule has 1 N–H and O–H groups in total. The molecule has 0 aliphatic heterocycles. The summed E-state index contributed by atoms with van der Waals surface area (Å²) in [4.78, 5) is 11.9. The molecular formula is C20H24N2O4. The minimum atomic E-state index is -0.326. The lowest BCUT2D eigenvalue weighted by molar-refractivity contribution is -0.123. The first-order valence-electron chi connectivity index (χ1n) is 8.22. The number of benzene rings is 2. The minimum Gasteiger partial charge on any atom is -0.496 e. The molecule has 6 nitrogen and oxygen atoms in total. The zero-order valence-electron chi connectivity index (χ0n) is 15.5. The molecule has 138 valence electrons. The number of hydrazone groups is 1. The van der Waals surface area contributed by atoms with E-state index in [2.05, 4.69) is 10.5 Å². The van der Waals surface area contributed by atoms with Gasteiger partial charge in [-0.05, 0) is 54.8 Å². The van der Waals surface area contributed by atoms with Crippen molar-refractivity contribution in [3.8, 4) is 11.5 Å². The fourth-order valence-corrected chi connectivity index (χ4v) is 2.38. The molecule has 1 amide bonds. The Bertz CT molecular complexity index is 787. The van der Waals surface area contributed by atoms with Gasteiger partial charge in [-0.25, -0.2) is 5.43 Å². The molecule has 2 rings (SSSR count). The molecule has 26 heavy (non-hydrogen) atoms. The van der Waals surface area contributed by atoms with E-state index in [1.54, 1.807) is 20.4 Å². The molecule has 0 aliphatic carbocycles. The summed E-state index contributed by atoms with van der Waals surface area (Å²) in [5.41, 5.74) is 6.33. The second-order valence-electron chi connectivity index (χ2n) is 5.78. The monoisotopic (exact) mass is 356 g/mol. The molecule has 0 heterocycles. The summed E-state index contributed by atoms with van der Waals surface area (Å²) in [5, 5.41) is 3.96. The van der Waals surface area contributed by atoms with Crippen LogP contribution in [0.15, 0.2) is 41.5 Å². The highest BCUT2D eigenvalue weighted by atomic mass is 16.5. The van der Waals surface area contributed by atoms with E-state index in [0.717, 1.165) is 28.0 Å². The van der Waals surface area contributed by atoms with Crippen molar-refractivity contribution in [2.45, 2.75) is 20.5 Å². The maximum Gasteiger partial charge on any atom is 0.277 e. The Labute approximate surface area is 153 Å². The highest BCUT2D eigenvalue weighted by molar-refractivity contribution is 5.83. The summed E-state index contributed by atoms with van der Waals surface area (Å²) in [6.07, 6.45) is 1.56. The molecule has 0 aliphatic rings. The van der Waals surface area contributed by atoms with Crippen LogP contribution in [0.3, 0.4) is 0 Å². The molecule has 0 bridgehead atoms. The van der Waals surface area contributed by atoms with Gasteiger partial charge >= 0.3 is 0 Å². The van der Waals surface area contributed by atoms with Crippen molar-refractivity contribution in [1.82, 2.24) is 5.43 Å². The van der Waals surface area contributed by atoms with Gasteiger partial charge in [0.1, 0.15) is 11.5 Å². The molecule has 0 radical (unpaired) electrons. The van der Waals surface area contributed by atoms with E-state index in [4.69, 9.17) is 14.2 Å². The first-order chi connectivity index (χ1) is 12.5. The molecular weight excluding hydrogens is 332 g/mol. The van der Waals surface area contributed by atoms with Crippen molar-refractivity contribution in [1.29, 1.82) is 0 Å². The van der Waals surface area contributed by atoms with Crippen molar-refractivity contribution < 1.29 is 19.0 Å². The van der Waals surface area contributed by atoms with Gasteiger partial charge < -0.3 is 14.2 Å². The molecule has 0 saturated carbocycles. The van der Waals surface area contributed by atoms with E-state index >= 15 is 0 Å². The van der Waals surface area contributed by atoms with Crippen molar-refractivity contribution >= 4 is 12.1 Å². The van der Waals surface area contributed by atoms with E-state index < -0.39 is 0 Å². The zero-order valence-corrected chi connectivity index (χ0v) is 15.5. The highest BCUT2D eigenvalue weighted by Gasteiger charge is 2.06. The lowest BCUT2D eigenvalue weighted by Gasteiger charge is -2.10. The van der Waals surface area contributed by atoms with Crippen LogP contribution in [0.2, 0.25) is 0 Å². The maximum absolute atomic E-state index is 11.9. The predicted molar refractivity (Wildman–Crippen MR) is 101 cm³/mol. The Morgan fingerprint density at radius 3 is 2.69 bits per heavy atom. The molecule has 0 unspecified atom stereocenters. The summed E-state index contributed by atoms with van der Waals surface area (Å²) in [6.45, 7) is 4.29. The van der Waals surface area contributed by atoms with Crippen LogP contribution in [-0.4, -0.2) is 32.9 Å². The number of amides is 1. The second-order valence-corrected chi connectivity index (χ2v) is 5.78. The van der Waals surface area contributed by atoms with Crippen LogP contribution in [-0.2, 0) is 16.1 Å². The number of hydrogen-bond donors (Lipinski definition) is 1. The lowest BCUT2D eigenvalue weighted by Crippen LogP contribution is -2.24. The average molecular weight is 356 g/mol. The van der Waals surface area contributed by atoms with E-state index in [-0.39, 0.29) is 12.5 Å². The van der Waals surface area contributed by atoms with Crippen LogP contribution >= 0.6 is 0 Å². The number of methoxy groups -OCH3 is 2. The molecule has 0 aromatic heterocycles. The van der Waals surface area contributed by atoms with Crippen molar-refractivity contribution in [3.05, 3.63) is 58.7 Å². The summed E-state index contributed by atoms with van der Waals surface area (Å²) >= 11 is 0. The third kappa shape index (κ3) is 5.32. The van der Waals surface area contributed by atoms with Crippen LogP contribution in [0.1, 0.15) is 22.3 Å². The number of nitrogens with one attached hydrogen (secondary N) is 1. The summed E-state index contributed by atoms with van der Waals surface area (Å²) in [7, 11) is 3.23. The molecule has 6 heteroatoms. The summed E-state index contributed by atoms with van der Waals surface area (Å²) < 4.78 is 16.0.